The molecule has 0 aliphatic rings. The van der Waals surface area contributed by atoms with E-state index in [2.05, 4.69) is 10.2 Å². The normalized spacial score (nSPS) is 10.4. The molecule has 5 nitrogen and oxygen atoms in total. The SMILES string of the molecule is CCOC(=O)c1nn(-c2ccccc2Cl)nc1C. The minimum atomic E-state index is -0.478. The minimum Gasteiger partial charge on any atom is -0.461 e. The van der Waals surface area contributed by atoms with Crippen LogP contribution in [0.1, 0.15) is 23.1 Å². The molecule has 0 amide bonds. The van der Waals surface area contributed by atoms with Gasteiger partial charge >= 0.3 is 5.97 Å². The highest BCUT2D eigenvalue weighted by Crippen LogP contribution is 2.19. The first-order chi connectivity index (χ1) is 8.63. The third-order valence-electron chi connectivity index (χ3n) is 2.32. The topological polar surface area (TPSA) is 57.0 Å². The molecule has 2 aromatic rings. The number of esters is 1. The van der Waals surface area contributed by atoms with Gasteiger partial charge < -0.3 is 4.74 Å². The average molecular weight is 266 g/mol. The highest BCUT2D eigenvalue weighted by molar-refractivity contribution is 6.32. The summed E-state index contributed by atoms with van der Waals surface area (Å²) in [5.41, 5.74) is 1.34. The van der Waals surface area contributed by atoms with Crippen LogP contribution in [0.15, 0.2) is 24.3 Å². The summed E-state index contributed by atoms with van der Waals surface area (Å²) in [6.45, 7) is 3.75. The molecule has 1 aromatic carbocycles. The van der Waals surface area contributed by atoms with E-state index in [-0.39, 0.29) is 5.69 Å². The summed E-state index contributed by atoms with van der Waals surface area (Å²) < 4.78 is 4.90. The molecule has 0 spiro atoms. The molecule has 0 fully saturated rings. The molecule has 0 unspecified atom stereocenters. The first kappa shape index (κ1) is 12.6. The summed E-state index contributed by atoms with van der Waals surface area (Å²) in [6.07, 6.45) is 0. The maximum Gasteiger partial charge on any atom is 0.360 e. The molecule has 0 saturated heterocycles. The maximum atomic E-state index is 11.6. The molecule has 6 heteroatoms. The molecule has 1 heterocycles. The Labute approximate surface area is 109 Å². The number of para-hydroxylation sites is 1. The van der Waals surface area contributed by atoms with Crippen molar-refractivity contribution in [2.24, 2.45) is 0 Å². The summed E-state index contributed by atoms with van der Waals surface area (Å²) in [7, 11) is 0. The first-order valence-electron chi connectivity index (χ1n) is 5.49. The van der Waals surface area contributed by atoms with E-state index in [1.54, 1.807) is 26.0 Å². The Balaban J connectivity index is 2.41. The molecule has 0 radical (unpaired) electrons. The van der Waals surface area contributed by atoms with Gasteiger partial charge in [0.05, 0.1) is 17.3 Å². The molecule has 0 saturated carbocycles. The largest absolute Gasteiger partial charge is 0.461 e. The predicted octanol–water partition coefficient (Wildman–Crippen LogP) is 2.41. The number of ether oxygens (including phenoxy) is 1. The third kappa shape index (κ3) is 2.36. The van der Waals surface area contributed by atoms with Crippen molar-refractivity contribution in [2.45, 2.75) is 13.8 Å². The van der Waals surface area contributed by atoms with E-state index < -0.39 is 5.97 Å². The molecular formula is C12H12ClN3O2. The van der Waals surface area contributed by atoms with Crippen molar-refractivity contribution < 1.29 is 9.53 Å². The lowest BCUT2D eigenvalue weighted by Gasteiger charge is -2.01. The van der Waals surface area contributed by atoms with Crippen LogP contribution in [0.3, 0.4) is 0 Å². The minimum absolute atomic E-state index is 0.205. The number of benzene rings is 1. The quantitative estimate of drug-likeness (QED) is 0.800. The highest BCUT2D eigenvalue weighted by atomic mass is 35.5. The number of hydrogen-bond donors (Lipinski definition) is 0. The van der Waals surface area contributed by atoms with Crippen LogP contribution in [0.4, 0.5) is 0 Å². The van der Waals surface area contributed by atoms with Crippen LogP contribution in [0.2, 0.25) is 5.02 Å². The molecule has 0 aliphatic carbocycles. The van der Waals surface area contributed by atoms with Gasteiger partial charge in [-0.15, -0.1) is 9.90 Å². The van der Waals surface area contributed by atoms with Gasteiger partial charge in [0, 0.05) is 0 Å². The van der Waals surface area contributed by atoms with E-state index in [9.17, 15) is 4.79 Å². The molecule has 2 rings (SSSR count). The monoisotopic (exact) mass is 265 g/mol. The number of aryl methyl sites for hydroxylation is 1. The molecule has 0 bridgehead atoms. The number of halogens is 1. The zero-order valence-corrected chi connectivity index (χ0v) is 10.8. The number of nitrogens with zero attached hydrogens (tertiary/aromatic N) is 3. The Hall–Kier alpha value is -1.88. The molecule has 0 atom stereocenters. The number of rotatable bonds is 3. The van der Waals surface area contributed by atoms with E-state index in [0.717, 1.165) is 0 Å². The Morgan fingerprint density at radius 1 is 1.39 bits per heavy atom. The summed E-state index contributed by atoms with van der Waals surface area (Å²) in [5.74, 6) is -0.478. The number of hydrogen-bond acceptors (Lipinski definition) is 4. The Kier molecular flexibility index (Phi) is 3.62. The van der Waals surface area contributed by atoms with Crippen molar-refractivity contribution in [1.82, 2.24) is 15.0 Å². The first-order valence-corrected chi connectivity index (χ1v) is 5.87. The van der Waals surface area contributed by atoms with Crippen LogP contribution in [0.5, 0.6) is 0 Å². The zero-order chi connectivity index (χ0) is 13.1. The number of carbonyl (C=O) groups is 1. The molecular weight excluding hydrogens is 254 g/mol. The highest BCUT2D eigenvalue weighted by Gasteiger charge is 2.17. The van der Waals surface area contributed by atoms with E-state index in [0.29, 0.717) is 23.0 Å². The smallest absolute Gasteiger partial charge is 0.360 e. The van der Waals surface area contributed by atoms with Crippen LogP contribution in [-0.2, 0) is 4.74 Å². The van der Waals surface area contributed by atoms with Gasteiger partial charge in [-0.25, -0.2) is 4.79 Å². The standard InChI is InChI=1S/C12H12ClN3O2/c1-3-18-12(17)11-8(2)14-16(15-11)10-7-5-4-6-9(10)13/h4-7H,3H2,1-2H3. The van der Waals surface area contributed by atoms with Crippen LogP contribution in [0.25, 0.3) is 5.69 Å². The van der Waals surface area contributed by atoms with Crippen molar-refractivity contribution in [3.63, 3.8) is 0 Å². The number of aromatic nitrogens is 3. The summed E-state index contributed by atoms with van der Waals surface area (Å²) in [6, 6.07) is 7.15. The third-order valence-corrected chi connectivity index (χ3v) is 2.64. The van der Waals surface area contributed by atoms with Gasteiger partial charge in [0.25, 0.3) is 0 Å². The van der Waals surface area contributed by atoms with E-state index in [1.807, 2.05) is 12.1 Å². The fourth-order valence-electron chi connectivity index (χ4n) is 1.49. The lowest BCUT2D eigenvalue weighted by Crippen LogP contribution is -2.07. The van der Waals surface area contributed by atoms with Crippen molar-refractivity contribution in [3.8, 4) is 5.69 Å². The summed E-state index contributed by atoms with van der Waals surface area (Å²) in [4.78, 5) is 13.0. The van der Waals surface area contributed by atoms with Crippen LogP contribution in [-0.4, -0.2) is 27.6 Å². The lowest BCUT2D eigenvalue weighted by atomic mass is 10.3. The molecule has 94 valence electrons. The van der Waals surface area contributed by atoms with Crippen molar-refractivity contribution in [1.29, 1.82) is 0 Å². The Bertz CT molecular complexity index is 580. The van der Waals surface area contributed by atoms with Gasteiger partial charge in [-0.3, -0.25) is 0 Å². The fourth-order valence-corrected chi connectivity index (χ4v) is 1.70. The molecule has 0 N–H and O–H groups in total. The van der Waals surface area contributed by atoms with Gasteiger partial charge in [-0.05, 0) is 26.0 Å². The lowest BCUT2D eigenvalue weighted by molar-refractivity contribution is 0.0518. The average Bonchev–Trinajstić information content (AvgIpc) is 2.72. The second kappa shape index (κ2) is 5.18. The van der Waals surface area contributed by atoms with Crippen LogP contribution >= 0.6 is 11.6 Å². The summed E-state index contributed by atoms with van der Waals surface area (Å²) >= 11 is 6.04. The van der Waals surface area contributed by atoms with Gasteiger partial charge in [-0.2, -0.15) is 5.10 Å². The van der Waals surface area contributed by atoms with E-state index in [4.69, 9.17) is 16.3 Å². The second-order valence-electron chi connectivity index (χ2n) is 3.60. The fraction of sp³-hybridized carbons (Fsp3) is 0.250. The van der Waals surface area contributed by atoms with E-state index in [1.165, 1.54) is 4.80 Å². The van der Waals surface area contributed by atoms with Crippen molar-refractivity contribution in [2.75, 3.05) is 6.61 Å². The Morgan fingerprint density at radius 3 is 2.78 bits per heavy atom. The molecule has 1 aromatic heterocycles. The van der Waals surface area contributed by atoms with Crippen LogP contribution < -0.4 is 0 Å². The predicted molar refractivity (Wildman–Crippen MR) is 67.1 cm³/mol. The Morgan fingerprint density at radius 2 is 2.11 bits per heavy atom. The molecule has 18 heavy (non-hydrogen) atoms. The molecule has 0 aliphatic heterocycles. The number of carbonyl (C=O) groups excluding carboxylic acids is 1. The van der Waals surface area contributed by atoms with Crippen LogP contribution in [0, 0.1) is 6.92 Å². The van der Waals surface area contributed by atoms with Gasteiger partial charge in [0.15, 0.2) is 5.69 Å². The maximum absolute atomic E-state index is 11.6. The van der Waals surface area contributed by atoms with Gasteiger partial charge in [0.2, 0.25) is 0 Å². The van der Waals surface area contributed by atoms with Gasteiger partial charge in [-0.1, -0.05) is 23.7 Å². The second-order valence-corrected chi connectivity index (χ2v) is 4.00. The van der Waals surface area contributed by atoms with Crippen molar-refractivity contribution in [3.05, 3.63) is 40.7 Å². The van der Waals surface area contributed by atoms with Crippen molar-refractivity contribution >= 4 is 17.6 Å². The van der Waals surface area contributed by atoms with E-state index >= 15 is 0 Å². The zero-order valence-electron chi connectivity index (χ0n) is 10.1. The summed E-state index contributed by atoms with van der Waals surface area (Å²) in [5, 5.41) is 8.79. The van der Waals surface area contributed by atoms with Gasteiger partial charge in [0.1, 0.15) is 5.69 Å².